The number of aryl methyl sites for hydroxylation is 1. The molecule has 2 saturated carbocycles. The van der Waals surface area contributed by atoms with Gasteiger partial charge in [-0.2, -0.15) is 0 Å². The first kappa shape index (κ1) is 13.8. The van der Waals surface area contributed by atoms with E-state index >= 15 is 0 Å². The molecule has 0 bridgehead atoms. The van der Waals surface area contributed by atoms with Crippen LogP contribution >= 0.6 is 0 Å². The third kappa shape index (κ3) is 2.89. The van der Waals surface area contributed by atoms with E-state index in [2.05, 4.69) is 41.4 Å². The minimum atomic E-state index is 0.440. The number of benzene rings is 1. The van der Waals surface area contributed by atoms with E-state index in [0.29, 0.717) is 5.54 Å². The molecular weight excluding hydrogens is 256 g/mol. The van der Waals surface area contributed by atoms with Gasteiger partial charge in [-0.15, -0.1) is 0 Å². The molecule has 1 aromatic carbocycles. The Hall–Kier alpha value is -0.860. The molecule has 1 aromatic rings. The average molecular weight is 284 g/mol. The summed E-state index contributed by atoms with van der Waals surface area (Å²) >= 11 is 0. The van der Waals surface area contributed by atoms with Crippen molar-refractivity contribution < 1.29 is 0 Å². The van der Waals surface area contributed by atoms with Gasteiger partial charge in [-0.1, -0.05) is 42.7 Å². The quantitative estimate of drug-likeness (QED) is 0.914. The molecule has 3 fully saturated rings. The Labute approximate surface area is 128 Å². The summed E-state index contributed by atoms with van der Waals surface area (Å²) in [5, 5.41) is 3.95. The summed E-state index contributed by atoms with van der Waals surface area (Å²) in [6.45, 7) is 5.84. The van der Waals surface area contributed by atoms with Crippen LogP contribution in [0.1, 0.15) is 49.7 Å². The van der Waals surface area contributed by atoms with Gasteiger partial charge in [-0.3, -0.25) is 4.90 Å². The number of hydrogen-bond acceptors (Lipinski definition) is 2. The summed E-state index contributed by atoms with van der Waals surface area (Å²) in [5.74, 6) is 0.959. The molecule has 21 heavy (non-hydrogen) atoms. The first-order valence-electron chi connectivity index (χ1n) is 8.79. The Kier molecular flexibility index (Phi) is 3.55. The average Bonchev–Trinajstić information content (AvgIpc) is 3.21. The fourth-order valence-corrected chi connectivity index (χ4v) is 4.56. The van der Waals surface area contributed by atoms with Gasteiger partial charge in [0.1, 0.15) is 0 Å². The Morgan fingerprint density at radius 1 is 1.24 bits per heavy atom. The smallest absolute Gasteiger partial charge is 0.0309 e. The van der Waals surface area contributed by atoms with Crippen LogP contribution in [0.15, 0.2) is 24.3 Å². The molecule has 2 nitrogen and oxygen atoms in total. The number of piperazine rings is 1. The molecule has 1 aliphatic heterocycles. The van der Waals surface area contributed by atoms with Crippen molar-refractivity contribution in [2.45, 2.75) is 63.6 Å². The molecule has 0 amide bonds. The fourth-order valence-electron chi connectivity index (χ4n) is 4.56. The standard InChI is InChI=1S/C19H28N2/c1-15-5-4-6-16(11-15)13-21-14-19(9-2-3-10-19)20-12-18(21)17-7-8-17/h4-6,11,17-18,20H,2-3,7-10,12-14H2,1H3. The van der Waals surface area contributed by atoms with Gasteiger partial charge >= 0.3 is 0 Å². The van der Waals surface area contributed by atoms with E-state index in [-0.39, 0.29) is 0 Å². The number of hydrogen-bond donors (Lipinski definition) is 1. The van der Waals surface area contributed by atoms with E-state index < -0.39 is 0 Å². The van der Waals surface area contributed by atoms with Crippen LogP contribution < -0.4 is 5.32 Å². The molecule has 4 rings (SSSR count). The summed E-state index contributed by atoms with van der Waals surface area (Å²) in [6.07, 6.45) is 8.50. The maximum absolute atomic E-state index is 3.95. The van der Waals surface area contributed by atoms with Crippen molar-refractivity contribution in [1.29, 1.82) is 0 Å². The Morgan fingerprint density at radius 3 is 2.76 bits per heavy atom. The summed E-state index contributed by atoms with van der Waals surface area (Å²) in [5.41, 5.74) is 3.33. The molecule has 1 unspecified atom stereocenters. The van der Waals surface area contributed by atoms with E-state index in [0.717, 1.165) is 18.5 Å². The first-order chi connectivity index (χ1) is 10.2. The maximum Gasteiger partial charge on any atom is 0.0309 e. The summed E-state index contributed by atoms with van der Waals surface area (Å²) < 4.78 is 0. The SMILES string of the molecule is Cc1cccc(CN2CC3(CCCC3)NCC2C2CC2)c1. The van der Waals surface area contributed by atoms with Gasteiger partial charge in [0, 0.05) is 31.2 Å². The molecule has 2 heteroatoms. The lowest BCUT2D eigenvalue weighted by molar-refractivity contribution is 0.0627. The van der Waals surface area contributed by atoms with Gasteiger partial charge in [0.05, 0.1) is 0 Å². The van der Waals surface area contributed by atoms with Crippen LogP contribution in [0, 0.1) is 12.8 Å². The zero-order valence-electron chi connectivity index (χ0n) is 13.3. The highest BCUT2D eigenvalue weighted by Crippen LogP contribution is 2.41. The predicted octanol–water partition coefficient (Wildman–Crippen LogP) is 3.49. The van der Waals surface area contributed by atoms with E-state index in [1.165, 1.54) is 62.7 Å². The summed E-state index contributed by atoms with van der Waals surface area (Å²) in [4.78, 5) is 2.81. The minimum absolute atomic E-state index is 0.440. The molecule has 0 radical (unpaired) electrons. The predicted molar refractivity (Wildman–Crippen MR) is 87.3 cm³/mol. The van der Waals surface area contributed by atoms with Crippen LogP contribution in [-0.4, -0.2) is 29.6 Å². The Bertz CT molecular complexity index is 500. The van der Waals surface area contributed by atoms with E-state index in [4.69, 9.17) is 0 Å². The van der Waals surface area contributed by atoms with Gasteiger partial charge < -0.3 is 5.32 Å². The molecule has 114 valence electrons. The van der Waals surface area contributed by atoms with Gasteiger partial charge in [0.15, 0.2) is 0 Å². The lowest BCUT2D eigenvalue weighted by atomic mass is 9.90. The van der Waals surface area contributed by atoms with Crippen molar-refractivity contribution in [3.05, 3.63) is 35.4 Å². The molecule has 1 heterocycles. The summed E-state index contributed by atoms with van der Waals surface area (Å²) in [7, 11) is 0. The van der Waals surface area contributed by atoms with Crippen LogP contribution in [0.3, 0.4) is 0 Å². The second kappa shape index (κ2) is 5.40. The van der Waals surface area contributed by atoms with E-state index in [1.807, 2.05) is 0 Å². The Balaban J connectivity index is 1.53. The van der Waals surface area contributed by atoms with Gasteiger partial charge in [0.25, 0.3) is 0 Å². The van der Waals surface area contributed by atoms with Crippen molar-refractivity contribution in [2.75, 3.05) is 13.1 Å². The first-order valence-corrected chi connectivity index (χ1v) is 8.79. The molecule has 1 spiro atoms. The van der Waals surface area contributed by atoms with Crippen LogP contribution in [0.5, 0.6) is 0 Å². The topological polar surface area (TPSA) is 15.3 Å². The zero-order valence-corrected chi connectivity index (χ0v) is 13.3. The van der Waals surface area contributed by atoms with Gasteiger partial charge in [-0.05, 0) is 44.1 Å². The fraction of sp³-hybridized carbons (Fsp3) is 0.684. The zero-order chi connectivity index (χ0) is 14.3. The number of rotatable bonds is 3. The van der Waals surface area contributed by atoms with Gasteiger partial charge in [0.2, 0.25) is 0 Å². The van der Waals surface area contributed by atoms with E-state index in [1.54, 1.807) is 0 Å². The molecule has 1 saturated heterocycles. The lowest BCUT2D eigenvalue weighted by Crippen LogP contribution is -2.63. The van der Waals surface area contributed by atoms with Crippen LogP contribution in [0.4, 0.5) is 0 Å². The van der Waals surface area contributed by atoms with Crippen molar-refractivity contribution >= 4 is 0 Å². The highest BCUT2D eigenvalue weighted by Gasteiger charge is 2.45. The second-order valence-corrected chi connectivity index (χ2v) is 7.67. The molecule has 1 N–H and O–H groups in total. The van der Waals surface area contributed by atoms with Gasteiger partial charge in [-0.25, -0.2) is 0 Å². The van der Waals surface area contributed by atoms with Crippen molar-refractivity contribution in [3.8, 4) is 0 Å². The van der Waals surface area contributed by atoms with Crippen molar-refractivity contribution in [2.24, 2.45) is 5.92 Å². The third-order valence-electron chi connectivity index (χ3n) is 5.86. The second-order valence-electron chi connectivity index (χ2n) is 7.67. The van der Waals surface area contributed by atoms with Crippen LogP contribution in [0.2, 0.25) is 0 Å². The molecule has 0 aromatic heterocycles. The minimum Gasteiger partial charge on any atom is -0.308 e. The number of nitrogens with zero attached hydrogens (tertiary/aromatic N) is 1. The van der Waals surface area contributed by atoms with Crippen molar-refractivity contribution in [3.63, 3.8) is 0 Å². The Morgan fingerprint density at radius 2 is 2.05 bits per heavy atom. The highest BCUT2D eigenvalue weighted by molar-refractivity contribution is 5.22. The lowest BCUT2D eigenvalue weighted by Gasteiger charge is -2.47. The highest BCUT2D eigenvalue weighted by atomic mass is 15.3. The maximum atomic E-state index is 3.95. The third-order valence-corrected chi connectivity index (χ3v) is 5.86. The largest absolute Gasteiger partial charge is 0.308 e. The molecule has 1 atom stereocenters. The molecule has 2 aliphatic carbocycles. The normalized spacial score (nSPS) is 29.1. The molecule has 3 aliphatic rings. The molecular formula is C19H28N2. The van der Waals surface area contributed by atoms with Crippen molar-refractivity contribution in [1.82, 2.24) is 10.2 Å². The summed E-state index contributed by atoms with van der Waals surface area (Å²) in [6, 6.07) is 9.87. The van der Waals surface area contributed by atoms with Crippen LogP contribution in [0.25, 0.3) is 0 Å². The monoisotopic (exact) mass is 284 g/mol. The van der Waals surface area contributed by atoms with E-state index in [9.17, 15) is 0 Å². The number of nitrogens with one attached hydrogen (secondary N) is 1. The van der Waals surface area contributed by atoms with Crippen LogP contribution in [-0.2, 0) is 6.54 Å².